The Balaban J connectivity index is 2.30. The van der Waals surface area contributed by atoms with E-state index in [0.29, 0.717) is 5.75 Å². The lowest BCUT2D eigenvalue weighted by Gasteiger charge is -2.23. The molecule has 2 unspecified atom stereocenters. The summed E-state index contributed by atoms with van der Waals surface area (Å²) < 4.78 is 5.02. The summed E-state index contributed by atoms with van der Waals surface area (Å²) in [6, 6.07) is 5.81. The quantitative estimate of drug-likeness (QED) is 0.787. The van der Waals surface area contributed by atoms with Crippen LogP contribution in [0.25, 0.3) is 0 Å². The Morgan fingerprint density at radius 3 is 2.75 bits per heavy atom. The van der Waals surface area contributed by atoms with Crippen LogP contribution < -0.4 is 10.5 Å². The van der Waals surface area contributed by atoms with Crippen molar-refractivity contribution in [2.24, 2.45) is 5.73 Å². The first-order valence-electron chi connectivity index (χ1n) is 5.46. The number of likely N-dealkylation sites (N-methyl/N-ethyl adjacent to an activating group) is 1. The zero-order valence-corrected chi connectivity index (χ0v) is 9.68. The van der Waals surface area contributed by atoms with E-state index < -0.39 is 0 Å². The number of methoxy groups -OCH3 is 1. The molecule has 1 saturated heterocycles. The average Bonchev–Trinajstić information content (AvgIpc) is 2.58. The number of likely N-dealkylation sites (tertiary alicyclic amines) is 1. The highest BCUT2D eigenvalue weighted by molar-refractivity contribution is 5.43. The topological polar surface area (TPSA) is 58.7 Å². The van der Waals surface area contributed by atoms with Crippen molar-refractivity contribution in [3.8, 4) is 11.5 Å². The number of hydrogen-bond donors (Lipinski definition) is 2. The number of rotatable bonds is 2. The fraction of sp³-hybridized carbons (Fsp3) is 0.500. The highest BCUT2D eigenvalue weighted by Gasteiger charge is 2.30. The van der Waals surface area contributed by atoms with Gasteiger partial charge in [0.1, 0.15) is 0 Å². The maximum atomic E-state index is 9.74. The van der Waals surface area contributed by atoms with E-state index in [2.05, 4.69) is 11.9 Å². The predicted octanol–water partition coefficient (Wildman–Crippen LogP) is 1.10. The van der Waals surface area contributed by atoms with Crippen LogP contribution in [0.4, 0.5) is 0 Å². The van der Waals surface area contributed by atoms with E-state index in [4.69, 9.17) is 10.5 Å². The van der Waals surface area contributed by atoms with Gasteiger partial charge in [-0.05, 0) is 31.2 Å². The first-order chi connectivity index (χ1) is 7.63. The minimum atomic E-state index is 0.137. The molecule has 1 aromatic rings. The molecular weight excluding hydrogens is 204 g/mol. The van der Waals surface area contributed by atoms with Crippen molar-refractivity contribution in [2.75, 3.05) is 20.7 Å². The van der Waals surface area contributed by atoms with Gasteiger partial charge in [0.05, 0.1) is 7.11 Å². The van der Waals surface area contributed by atoms with E-state index in [9.17, 15) is 5.11 Å². The summed E-state index contributed by atoms with van der Waals surface area (Å²) in [5, 5.41) is 9.74. The van der Waals surface area contributed by atoms with Crippen molar-refractivity contribution < 1.29 is 9.84 Å². The molecule has 1 aliphatic rings. The Bertz CT molecular complexity index is 371. The second-order valence-electron chi connectivity index (χ2n) is 4.31. The summed E-state index contributed by atoms with van der Waals surface area (Å²) >= 11 is 0. The van der Waals surface area contributed by atoms with Crippen LogP contribution in [-0.4, -0.2) is 36.8 Å². The molecule has 3 N–H and O–H groups in total. The molecule has 88 valence electrons. The van der Waals surface area contributed by atoms with Crippen molar-refractivity contribution in [3.63, 3.8) is 0 Å². The summed E-state index contributed by atoms with van der Waals surface area (Å²) in [5.41, 5.74) is 7.11. The molecule has 0 aliphatic carbocycles. The Morgan fingerprint density at radius 1 is 1.50 bits per heavy atom. The van der Waals surface area contributed by atoms with Gasteiger partial charge in [0.25, 0.3) is 0 Å². The minimum Gasteiger partial charge on any atom is -0.504 e. The van der Waals surface area contributed by atoms with E-state index in [1.807, 2.05) is 6.07 Å². The fourth-order valence-corrected chi connectivity index (χ4v) is 2.37. The zero-order valence-electron chi connectivity index (χ0n) is 9.68. The van der Waals surface area contributed by atoms with Gasteiger partial charge < -0.3 is 15.6 Å². The summed E-state index contributed by atoms with van der Waals surface area (Å²) in [6.07, 6.45) is 0.994. The standard InChI is InChI=1S/C12H18N2O2/c1-14-6-5-9(13)12(14)8-3-4-11(16-2)10(15)7-8/h3-4,7,9,12,15H,5-6,13H2,1-2H3. The van der Waals surface area contributed by atoms with E-state index in [1.165, 1.54) is 0 Å². The van der Waals surface area contributed by atoms with Crippen LogP contribution in [0.15, 0.2) is 18.2 Å². The van der Waals surface area contributed by atoms with Crippen molar-refractivity contribution >= 4 is 0 Å². The third kappa shape index (κ3) is 1.86. The lowest BCUT2D eigenvalue weighted by Crippen LogP contribution is -2.29. The third-order valence-electron chi connectivity index (χ3n) is 3.24. The van der Waals surface area contributed by atoms with Crippen molar-refractivity contribution in [3.05, 3.63) is 23.8 Å². The predicted molar refractivity (Wildman–Crippen MR) is 62.6 cm³/mol. The summed E-state index contributed by atoms with van der Waals surface area (Å²) in [6.45, 7) is 0.999. The average molecular weight is 222 g/mol. The molecule has 4 nitrogen and oxygen atoms in total. The molecule has 4 heteroatoms. The van der Waals surface area contributed by atoms with Crippen molar-refractivity contribution in [1.29, 1.82) is 0 Å². The number of phenols is 1. The van der Waals surface area contributed by atoms with E-state index in [0.717, 1.165) is 18.5 Å². The molecule has 16 heavy (non-hydrogen) atoms. The van der Waals surface area contributed by atoms with Crippen LogP contribution in [-0.2, 0) is 0 Å². The van der Waals surface area contributed by atoms with Gasteiger partial charge in [0.2, 0.25) is 0 Å². The van der Waals surface area contributed by atoms with Crippen LogP contribution in [0.2, 0.25) is 0 Å². The lowest BCUT2D eigenvalue weighted by atomic mass is 10.0. The number of phenolic OH excluding ortho intramolecular Hbond substituents is 1. The summed E-state index contributed by atoms with van der Waals surface area (Å²) in [4.78, 5) is 2.21. The zero-order chi connectivity index (χ0) is 11.7. The number of benzene rings is 1. The van der Waals surface area contributed by atoms with E-state index in [1.54, 1.807) is 19.2 Å². The fourth-order valence-electron chi connectivity index (χ4n) is 2.37. The Morgan fingerprint density at radius 2 is 2.25 bits per heavy atom. The maximum Gasteiger partial charge on any atom is 0.160 e. The molecule has 0 aromatic heterocycles. The largest absolute Gasteiger partial charge is 0.504 e. The molecule has 1 aliphatic heterocycles. The second-order valence-corrected chi connectivity index (χ2v) is 4.31. The van der Waals surface area contributed by atoms with Gasteiger partial charge in [-0.3, -0.25) is 4.90 Å². The van der Waals surface area contributed by atoms with Crippen LogP contribution in [0.1, 0.15) is 18.0 Å². The van der Waals surface area contributed by atoms with Gasteiger partial charge in [-0.1, -0.05) is 6.07 Å². The number of hydrogen-bond acceptors (Lipinski definition) is 4. The molecule has 1 heterocycles. The molecule has 0 radical (unpaired) electrons. The van der Waals surface area contributed by atoms with Crippen molar-refractivity contribution in [2.45, 2.75) is 18.5 Å². The van der Waals surface area contributed by atoms with Crippen LogP contribution in [0.3, 0.4) is 0 Å². The molecule has 0 saturated carbocycles. The number of aromatic hydroxyl groups is 1. The van der Waals surface area contributed by atoms with Gasteiger partial charge >= 0.3 is 0 Å². The molecule has 0 spiro atoms. The van der Waals surface area contributed by atoms with Crippen LogP contribution in [0, 0.1) is 0 Å². The molecule has 2 rings (SSSR count). The maximum absolute atomic E-state index is 9.74. The van der Waals surface area contributed by atoms with Crippen LogP contribution in [0.5, 0.6) is 11.5 Å². The number of nitrogens with zero attached hydrogens (tertiary/aromatic N) is 1. The molecule has 0 bridgehead atoms. The van der Waals surface area contributed by atoms with Gasteiger partial charge in [0.15, 0.2) is 11.5 Å². The molecule has 1 aromatic carbocycles. The number of nitrogens with two attached hydrogens (primary N) is 1. The Kier molecular flexibility index (Phi) is 3.03. The monoisotopic (exact) mass is 222 g/mol. The molecule has 1 fully saturated rings. The van der Waals surface area contributed by atoms with Gasteiger partial charge in [0, 0.05) is 18.6 Å². The third-order valence-corrected chi connectivity index (χ3v) is 3.24. The van der Waals surface area contributed by atoms with Gasteiger partial charge in [-0.2, -0.15) is 0 Å². The lowest BCUT2D eigenvalue weighted by molar-refractivity contribution is 0.302. The summed E-state index contributed by atoms with van der Waals surface area (Å²) in [7, 11) is 3.60. The Hall–Kier alpha value is -1.26. The highest BCUT2D eigenvalue weighted by atomic mass is 16.5. The van der Waals surface area contributed by atoms with E-state index in [-0.39, 0.29) is 17.8 Å². The van der Waals surface area contributed by atoms with E-state index >= 15 is 0 Å². The van der Waals surface area contributed by atoms with Gasteiger partial charge in [-0.15, -0.1) is 0 Å². The highest BCUT2D eigenvalue weighted by Crippen LogP contribution is 2.34. The molecule has 0 amide bonds. The second kappa shape index (κ2) is 4.31. The first kappa shape index (κ1) is 11.2. The molecule has 2 atom stereocenters. The normalized spacial score (nSPS) is 25.9. The van der Waals surface area contributed by atoms with Crippen molar-refractivity contribution in [1.82, 2.24) is 4.90 Å². The smallest absolute Gasteiger partial charge is 0.160 e. The van der Waals surface area contributed by atoms with Crippen LogP contribution >= 0.6 is 0 Å². The summed E-state index contributed by atoms with van der Waals surface area (Å²) in [5.74, 6) is 0.672. The Labute approximate surface area is 95.6 Å². The SMILES string of the molecule is COc1ccc(C2C(N)CCN2C)cc1O. The minimum absolute atomic E-state index is 0.137. The van der Waals surface area contributed by atoms with Gasteiger partial charge in [-0.25, -0.2) is 0 Å². The first-order valence-corrected chi connectivity index (χ1v) is 5.46. The number of ether oxygens (including phenoxy) is 1. The molecular formula is C12H18N2O2.